The predicted octanol–water partition coefficient (Wildman–Crippen LogP) is 6.39. The number of anilines is 2. The van der Waals surface area contributed by atoms with Gasteiger partial charge in [0.2, 0.25) is 5.91 Å². The molecule has 12 heteroatoms. The van der Waals surface area contributed by atoms with E-state index in [1.54, 1.807) is 60.7 Å². The molecule has 0 spiro atoms. The van der Waals surface area contributed by atoms with Gasteiger partial charge in [0, 0.05) is 11.1 Å². The van der Waals surface area contributed by atoms with Gasteiger partial charge in [-0.25, -0.2) is 8.42 Å². The molecule has 0 aliphatic rings. The average molecular weight is 627 g/mol. The van der Waals surface area contributed by atoms with Crippen LogP contribution in [0.3, 0.4) is 0 Å². The lowest BCUT2D eigenvalue weighted by atomic mass is 10.2. The van der Waals surface area contributed by atoms with Crippen LogP contribution in [0.5, 0.6) is 34.5 Å². The highest BCUT2D eigenvalue weighted by molar-refractivity contribution is 7.92. The SMILES string of the molecule is CCOc1ccc(N(CC(=O)Nc2cc(Cl)ccc2Oc2ccccc2OC)S(=O)(=O)c2ccc(OC)c(OC)c2)cc1. The van der Waals surface area contributed by atoms with Crippen molar-refractivity contribution in [2.45, 2.75) is 11.8 Å². The number of nitrogens with zero attached hydrogens (tertiary/aromatic N) is 1. The molecular weight excluding hydrogens is 596 g/mol. The maximum Gasteiger partial charge on any atom is 0.264 e. The number of benzene rings is 4. The van der Waals surface area contributed by atoms with Crippen LogP contribution < -0.4 is 33.3 Å². The second-order valence-corrected chi connectivity index (χ2v) is 11.2. The van der Waals surface area contributed by atoms with Gasteiger partial charge < -0.3 is 29.0 Å². The molecule has 226 valence electrons. The summed E-state index contributed by atoms with van der Waals surface area (Å²) in [5.74, 6) is 1.65. The number of carbonyl (C=O) groups is 1. The Kier molecular flexibility index (Phi) is 10.2. The zero-order chi connectivity index (χ0) is 31.0. The smallest absolute Gasteiger partial charge is 0.264 e. The van der Waals surface area contributed by atoms with E-state index in [4.69, 9.17) is 35.3 Å². The van der Waals surface area contributed by atoms with E-state index in [0.29, 0.717) is 34.6 Å². The first-order chi connectivity index (χ1) is 20.7. The summed E-state index contributed by atoms with van der Waals surface area (Å²) in [4.78, 5) is 13.4. The highest BCUT2D eigenvalue weighted by Crippen LogP contribution is 2.37. The minimum atomic E-state index is -4.28. The molecule has 0 aliphatic heterocycles. The highest BCUT2D eigenvalue weighted by Gasteiger charge is 2.29. The van der Waals surface area contributed by atoms with E-state index in [1.807, 2.05) is 6.92 Å². The van der Waals surface area contributed by atoms with Crippen LogP contribution >= 0.6 is 11.6 Å². The normalized spacial score (nSPS) is 10.9. The van der Waals surface area contributed by atoms with E-state index in [1.165, 1.54) is 45.6 Å². The molecule has 0 atom stereocenters. The first-order valence-electron chi connectivity index (χ1n) is 13.1. The summed E-state index contributed by atoms with van der Waals surface area (Å²) < 4.78 is 56.4. The number of ether oxygens (including phenoxy) is 5. The Hall–Kier alpha value is -4.61. The molecule has 1 amide bonds. The summed E-state index contributed by atoms with van der Waals surface area (Å²) in [6, 6.07) is 22.3. The molecule has 4 rings (SSSR count). The van der Waals surface area contributed by atoms with Crippen LogP contribution in [0.1, 0.15) is 6.92 Å². The van der Waals surface area contributed by atoms with Gasteiger partial charge in [0.15, 0.2) is 28.7 Å². The van der Waals surface area contributed by atoms with Gasteiger partial charge in [-0.1, -0.05) is 23.7 Å². The number of sulfonamides is 1. The number of hydrogen-bond donors (Lipinski definition) is 1. The average Bonchev–Trinajstić information content (AvgIpc) is 3.01. The molecule has 0 saturated carbocycles. The molecule has 0 radical (unpaired) electrons. The molecule has 10 nitrogen and oxygen atoms in total. The minimum absolute atomic E-state index is 0.102. The van der Waals surface area contributed by atoms with Crippen molar-refractivity contribution in [3.8, 4) is 34.5 Å². The topological polar surface area (TPSA) is 113 Å². The minimum Gasteiger partial charge on any atom is -0.494 e. The zero-order valence-electron chi connectivity index (χ0n) is 24.0. The standard InChI is InChI=1S/C31H31ClN2O8S/c1-5-41-23-13-11-22(12-14-23)34(43(36,37)24-15-17-28(39-3)30(19-24)40-4)20-31(35)33-25-18-21(32)10-16-26(25)42-29-9-7-6-8-27(29)38-2/h6-19H,5,20H2,1-4H3,(H,33,35). The van der Waals surface area contributed by atoms with Crippen LogP contribution in [0.25, 0.3) is 0 Å². The van der Waals surface area contributed by atoms with E-state index in [9.17, 15) is 13.2 Å². The summed E-state index contributed by atoms with van der Waals surface area (Å²) in [6.45, 7) is 1.70. The lowest BCUT2D eigenvalue weighted by molar-refractivity contribution is -0.114. The number of carbonyl (C=O) groups excluding carboxylic acids is 1. The van der Waals surface area contributed by atoms with Crippen molar-refractivity contribution < 1.29 is 36.9 Å². The molecule has 4 aromatic carbocycles. The summed E-state index contributed by atoms with van der Waals surface area (Å²) in [5, 5.41) is 3.08. The highest BCUT2D eigenvalue weighted by atomic mass is 35.5. The van der Waals surface area contributed by atoms with Crippen molar-refractivity contribution in [2.24, 2.45) is 0 Å². The van der Waals surface area contributed by atoms with E-state index in [-0.39, 0.29) is 27.8 Å². The summed E-state index contributed by atoms with van der Waals surface area (Å²) in [7, 11) is 0.0903. The van der Waals surface area contributed by atoms with Crippen LogP contribution in [0.2, 0.25) is 5.02 Å². The third kappa shape index (κ3) is 7.43. The van der Waals surface area contributed by atoms with Gasteiger partial charge in [0.1, 0.15) is 12.3 Å². The number of amides is 1. The number of halogens is 1. The van der Waals surface area contributed by atoms with Crippen molar-refractivity contribution in [2.75, 3.05) is 44.1 Å². The maximum atomic E-state index is 14.0. The Morgan fingerprint density at radius 1 is 0.791 bits per heavy atom. The second-order valence-electron chi connectivity index (χ2n) is 8.90. The lowest BCUT2D eigenvalue weighted by Gasteiger charge is -2.25. The molecule has 0 saturated heterocycles. The fourth-order valence-corrected chi connectivity index (χ4v) is 5.73. The first-order valence-corrected chi connectivity index (χ1v) is 14.9. The Morgan fingerprint density at radius 2 is 1.42 bits per heavy atom. The van der Waals surface area contributed by atoms with Gasteiger partial charge in [-0.2, -0.15) is 0 Å². The van der Waals surface area contributed by atoms with E-state index in [0.717, 1.165) is 4.31 Å². The lowest BCUT2D eigenvalue weighted by Crippen LogP contribution is -2.38. The number of nitrogens with one attached hydrogen (secondary N) is 1. The Labute approximate surface area is 255 Å². The molecule has 0 aromatic heterocycles. The molecular formula is C31H31ClN2O8S. The van der Waals surface area contributed by atoms with Crippen LogP contribution in [-0.2, 0) is 14.8 Å². The zero-order valence-corrected chi connectivity index (χ0v) is 25.6. The van der Waals surface area contributed by atoms with Gasteiger partial charge in [-0.05, 0) is 73.7 Å². The molecule has 4 aromatic rings. The van der Waals surface area contributed by atoms with Gasteiger partial charge in [0.25, 0.3) is 10.0 Å². The second kappa shape index (κ2) is 14.0. The van der Waals surface area contributed by atoms with E-state index < -0.39 is 22.5 Å². The van der Waals surface area contributed by atoms with Crippen molar-refractivity contribution in [3.63, 3.8) is 0 Å². The molecule has 0 aliphatic carbocycles. The third-order valence-corrected chi connectivity index (χ3v) is 8.18. The maximum absolute atomic E-state index is 14.0. The largest absolute Gasteiger partial charge is 0.494 e. The van der Waals surface area contributed by atoms with E-state index >= 15 is 0 Å². The first kappa shape index (κ1) is 31.3. The monoisotopic (exact) mass is 626 g/mol. The summed E-state index contributed by atoms with van der Waals surface area (Å²) in [6.07, 6.45) is 0. The van der Waals surface area contributed by atoms with Crippen molar-refractivity contribution in [3.05, 3.63) is 90.0 Å². The Bertz CT molecular complexity index is 1680. The number of hydrogen-bond acceptors (Lipinski definition) is 8. The van der Waals surface area contributed by atoms with Crippen molar-refractivity contribution >= 4 is 38.9 Å². The van der Waals surface area contributed by atoms with Gasteiger partial charge in [0.05, 0.1) is 44.2 Å². The molecule has 1 N–H and O–H groups in total. The van der Waals surface area contributed by atoms with Crippen LogP contribution in [0, 0.1) is 0 Å². The molecule has 0 heterocycles. The fraction of sp³-hybridized carbons (Fsp3) is 0.194. The van der Waals surface area contributed by atoms with Crippen molar-refractivity contribution in [1.82, 2.24) is 0 Å². The van der Waals surface area contributed by atoms with Crippen molar-refractivity contribution in [1.29, 1.82) is 0 Å². The molecule has 0 bridgehead atoms. The quantitative estimate of drug-likeness (QED) is 0.182. The van der Waals surface area contributed by atoms with Crippen LogP contribution in [-0.4, -0.2) is 48.8 Å². The number of para-hydroxylation sites is 2. The molecule has 0 fully saturated rings. The van der Waals surface area contributed by atoms with Gasteiger partial charge in [-0.15, -0.1) is 0 Å². The molecule has 0 unspecified atom stereocenters. The number of methoxy groups -OCH3 is 3. The van der Waals surface area contributed by atoms with Gasteiger partial charge in [-0.3, -0.25) is 9.10 Å². The molecule has 43 heavy (non-hydrogen) atoms. The Balaban J connectivity index is 1.68. The fourth-order valence-electron chi connectivity index (χ4n) is 4.13. The van der Waals surface area contributed by atoms with Crippen LogP contribution in [0.15, 0.2) is 89.8 Å². The third-order valence-electron chi connectivity index (χ3n) is 6.17. The summed E-state index contributed by atoms with van der Waals surface area (Å²) in [5.41, 5.74) is 0.476. The predicted molar refractivity (Wildman–Crippen MR) is 165 cm³/mol. The summed E-state index contributed by atoms with van der Waals surface area (Å²) >= 11 is 6.24. The van der Waals surface area contributed by atoms with Crippen LogP contribution in [0.4, 0.5) is 11.4 Å². The van der Waals surface area contributed by atoms with E-state index in [2.05, 4.69) is 5.32 Å². The number of rotatable bonds is 13. The van der Waals surface area contributed by atoms with Gasteiger partial charge >= 0.3 is 0 Å². The Morgan fingerprint density at radius 3 is 2.07 bits per heavy atom.